The smallest absolute Gasteiger partial charge is 0.0149 e. The maximum absolute atomic E-state index is 2.20. The van der Waals surface area contributed by atoms with Crippen LogP contribution in [0.25, 0.3) is 0 Å². The molecule has 1 aliphatic heterocycles. The van der Waals surface area contributed by atoms with Crippen LogP contribution < -0.4 is 0 Å². The van der Waals surface area contributed by atoms with Gasteiger partial charge >= 0.3 is 0 Å². The highest BCUT2D eigenvalue weighted by molar-refractivity contribution is 8.00. The number of thioether (sulfide) groups is 2. The van der Waals surface area contributed by atoms with Crippen LogP contribution in [0.15, 0.2) is 22.3 Å². The average Bonchev–Trinajstić information content (AvgIpc) is 2.43. The molecule has 0 aromatic carbocycles. The first kappa shape index (κ1) is 13.2. The molecule has 0 nitrogen and oxygen atoms in total. The van der Waals surface area contributed by atoms with Crippen molar-refractivity contribution in [1.82, 2.24) is 0 Å². The molecule has 1 heterocycles. The van der Waals surface area contributed by atoms with E-state index in [1.54, 1.807) is 0 Å². The van der Waals surface area contributed by atoms with Crippen molar-refractivity contribution in [3.63, 3.8) is 0 Å². The van der Waals surface area contributed by atoms with Gasteiger partial charge in [0, 0.05) is 23.0 Å². The maximum Gasteiger partial charge on any atom is 0.0149 e. The van der Waals surface area contributed by atoms with Crippen molar-refractivity contribution in [2.45, 2.75) is 51.4 Å². The van der Waals surface area contributed by atoms with E-state index in [4.69, 9.17) is 0 Å². The van der Waals surface area contributed by atoms with E-state index in [1.807, 2.05) is 22.3 Å². The molecule has 100 valence electrons. The molecular weight excluding hydrogens is 256 g/mol. The third-order valence-corrected chi connectivity index (χ3v) is 6.73. The highest BCUT2D eigenvalue weighted by Gasteiger charge is 2.17. The van der Waals surface area contributed by atoms with Crippen molar-refractivity contribution in [1.29, 1.82) is 0 Å². The zero-order chi connectivity index (χ0) is 12.2. The minimum Gasteiger partial charge on any atom is -0.153 e. The number of hydrogen-bond donors (Lipinski definition) is 0. The van der Waals surface area contributed by atoms with Crippen LogP contribution in [0.5, 0.6) is 0 Å². The summed E-state index contributed by atoms with van der Waals surface area (Å²) in [7, 11) is 0. The lowest BCUT2D eigenvalue weighted by molar-refractivity contribution is 0.671. The third-order valence-electron chi connectivity index (χ3n) is 4.52. The topological polar surface area (TPSA) is 0 Å². The van der Waals surface area contributed by atoms with E-state index in [0.29, 0.717) is 0 Å². The van der Waals surface area contributed by atoms with Crippen LogP contribution in [0.2, 0.25) is 0 Å². The summed E-state index contributed by atoms with van der Waals surface area (Å²) in [5.41, 5.74) is 7.27. The van der Waals surface area contributed by atoms with Gasteiger partial charge in [0.25, 0.3) is 0 Å². The molecule has 0 N–H and O–H groups in total. The van der Waals surface area contributed by atoms with Gasteiger partial charge in [-0.2, -0.15) is 23.5 Å². The van der Waals surface area contributed by atoms with E-state index in [2.05, 4.69) is 23.5 Å². The Balaban J connectivity index is 1.71. The zero-order valence-corrected chi connectivity index (χ0v) is 12.9. The Labute approximate surface area is 120 Å². The van der Waals surface area contributed by atoms with Gasteiger partial charge in [0.05, 0.1) is 0 Å². The van der Waals surface area contributed by atoms with Gasteiger partial charge in [-0.25, -0.2) is 0 Å². The molecule has 0 saturated carbocycles. The predicted molar refractivity (Wildman–Crippen MR) is 85.6 cm³/mol. The van der Waals surface area contributed by atoms with Gasteiger partial charge in [-0.1, -0.05) is 22.3 Å². The van der Waals surface area contributed by atoms with Crippen LogP contribution in [0.4, 0.5) is 0 Å². The molecule has 0 saturated heterocycles. The molecule has 3 rings (SSSR count). The van der Waals surface area contributed by atoms with Gasteiger partial charge < -0.3 is 0 Å². The van der Waals surface area contributed by atoms with Gasteiger partial charge in [-0.05, 0) is 51.4 Å². The third kappa shape index (κ3) is 3.19. The van der Waals surface area contributed by atoms with Crippen LogP contribution in [-0.4, -0.2) is 23.0 Å². The van der Waals surface area contributed by atoms with Gasteiger partial charge in [0.1, 0.15) is 0 Å². The lowest BCUT2D eigenvalue weighted by Crippen LogP contribution is -2.10. The van der Waals surface area contributed by atoms with Gasteiger partial charge in [0.15, 0.2) is 0 Å². The minimum absolute atomic E-state index is 1.33. The fourth-order valence-electron chi connectivity index (χ4n) is 3.35. The molecule has 0 aromatic heterocycles. The predicted octanol–water partition coefficient (Wildman–Crippen LogP) is 5.21. The standard InChI is InChI=1S/C16H24S2/c1-2-6-14-10-18-12-16-8-4-3-7-15(16)11-17-9-13(14)5-1/h1-12H2. The highest BCUT2D eigenvalue weighted by atomic mass is 32.2. The first-order chi connectivity index (χ1) is 8.93. The Morgan fingerprint density at radius 3 is 1.00 bits per heavy atom. The largest absolute Gasteiger partial charge is 0.153 e. The quantitative estimate of drug-likeness (QED) is 0.559. The Hall–Kier alpha value is 0.180. The van der Waals surface area contributed by atoms with E-state index < -0.39 is 0 Å². The molecule has 0 amide bonds. The van der Waals surface area contributed by atoms with Gasteiger partial charge in [-0.3, -0.25) is 0 Å². The number of hydrogen-bond acceptors (Lipinski definition) is 2. The Morgan fingerprint density at radius 1 is 0.444 bits per heavy atom. The summed E-state index contributed by atoms with van der Waals surface area (Å²) in [4.78, 5) is 0. The second-order valence-electron chi connectivity index (χ2n) is 5.81. The van der Waals surface area contributed by atoms with Crippen molar-refractivity contribution in [2.24, 2.45) is 0 Å². The fourth-order valence-corrected chi connectivity index (χ4v) is 5.94. The summed E-state index contributed by atoms with van der Waals surface area (Å²) in [5.74, 6) is 5.30. The van der Waals surface area contributed by atoms with E-state index in [1.165, 1.54) is 74.4 Å². The lowest BCUT2D eigenvalue weighted by atomic mass is 9.93. The van der Waals surface area contributed by atoms with Crippen LogP contribution in [0.3, 0.4) is 0 Å². The molecule has 0 radical (unpaired) electrons. The highest BCUT2D eigenvalue weighted by Crippen LogP contribution is 2.35. The molecule has 0 aromatic rings. The summed E-state index contributed by atoms with van der Waals surface area (Å²) < 4.78 is 0. The zero-order valence-electron chi connectivity index (χ0n) is 11.3. The molecule has 0 spiro atoms. The average molecular weight is 281 g/mol. The first-order valence-corrected chi connectivity index (χ1v) is 9.79. The first-order valence-electron chi connectivity index (χ1n) is 7.48. The molecule has 0 unspecified atom stereocenters. The van der Waals surface area contributed by atoms with Crippen molar-refractivity contribution in [2.75, 3.05) is 23.0 Å². The van der Waals surface area contributed by atoms with Gasteiger partial charge in [-0.15, -0.1) is 0 Å². The summed E-state index contributed by atoms with van der Waals surface area (Å²) >= 11 is 4.40. The second-order valence-corrected chi connectivity index (χ2v) is 7.79. The van der Waals surface area contributed by atoms with Crippen molar-refractivity contribution in [3.8, 4) is 0 Å². The minimum atomic E-state index is 1.33. The fraction of sp³-hybridized carbons (Fsp3) is 0.750. The summed E-state index contributed by atoms with van der Waals surface area (Å²) in [6.45, 7) is 0. The van der Waals surface area contributed by atoms with Crippen LogP contribution in [0.1, 0.15) is 51.4 Å². The van der Waals surface area contributed by atoms with Crippen molar-refractivity contribution in [3.05, 3.63) is 22.3 Å². The maximum atomic E-state index is 2.20. The molecule has 2 aliphatic carbocycles. The van der Waals surface area contributed by atoms with Crippen LogP contribution >= 0.6 is 23.5 Å². The van der Waals surface area contributed by atoms with E-state index in [-0.39, 0.29) is 0 Å². The van der Waals surface area contributed by atoms with Crippen LogP contribution in [0, 0.1) is 0 Å². The van der Waals surface area contributed by atoms with E-state index in [9.17, 15) is 0 Å². The van der Waals surface area contributed by atoms with Crippen molar-refractivity contribution >= 4 is 23.5 Å². The normalized spacial score (nSPS) is 26.7. The summed E-state index contributed by atoms with van der Waals surface area (Å²) in [5, 5.41) is 0. The van der Waals surface area contributed by atoms with E-state index in [0.717, 1.165) is 0 Å². The molecule has 18 heavy (non-hydrogen) atoms. The monoisotopic (exact) mass is 280 g/mol. The Kier molecular flexibility index (Phi) is 4.80. The molecule has 0 atom stereocenters. The van der Waals surface area contributed by atoms with Gasteiger partial charge in [0.2, 0.25) is 0 Å². The summed E-state index contributed by atoms with van der Waals surface area (Å²) in [6, 6.07) is 0. The molecule has 3 aliphatic rings. The van der Waals surface area contributed by atoms with Crippen LogP contribution in [-0.2, 0) is 0 Å². The molecule has 2 heteroatoms. The number of rotatable bonds is 0. The Morgan fingerprint density at radius 2 is 0.722 bits per heavy atom. The lowest BCUT2D eigenvalue weighted by Gasteiger charge is -2.25. The molecule has 0 fully saturated rings. The van der Waals surface area contributed by atoms with E-state index >= 15 is 0 Å². The SMILES string of the molecule is C1CCC2=C(C1)CSCC1=C(CCCC1)CSC2. The summed E-state index contributed by atoms with van der Waals surface area (Å²) in [6.07, 6.45) is 11.4. The van der Waals surface area contributed by atoms with Crippen molar-refractivity contribution < 1.29 is 0 Å². The molecular formula is C16H24S2. The molecule has 0 bridgehead atoms. The Bertz CT molecular complexity index is 297. The second kappa shape index (κ2) is 6.56.